The summed E-state index contributed by atoms with van der Waals surface area (Å²) in [4.78, 5) is 45.8. The summed E-state index contributed by atoms with van der Waals surface area (Å²) in [5, 5.41) is 8.87. The lowest BCUT2D eigenvalue weighted by molar-refractivity contribution is -0.161. The van der Waals surface area contributed by atoms with E-state index < -0.39 is 51.1 Å². The van der Waals surface area contributed by atoms with Crippen molar-refractivity contribution in [3.8, 4) is 0 Å². The van der Waals surface area contributed by atoms with Gasteiger partial charge in [-0.15, -0.1) is 0 Å². The highest BCUT2D eigenvalue weighted by molar-refractivity contribution is 7.47. The molecule has 1 unspecified atom stereocenters. The second-order valence-electron chi connectivity index (χ2n) is 13.8. The Labute approximate surface area is 326 Å². The summed E-state index contributed by atoms with van der Waals surface area (Å²) >= 11 is 0. The SMILES string of the molecule is CCCCC/C=C/C/C=C/C/C=C/CCCCCCC(=O)OC[C@H](COP(=O)(O)OC[C@H](N)C(=O)O)OC(=O)CCCCC/C=C/CCCCCCCC. The average Bonchev–Trinajstić information content (AvgIpc) is 3.14. The lowest BCUT2D eigenvalue weighted by Crippen LogP contribution is -2.34. The maximum absolute atomic E-state index is 12.6. The maximum Gasteiger partial charge on any atom is 0.472 e. The average molecular weight is 784 g/mol. The van der Waals surface area contributed by atoms with Crippen LogP contribution in [0.25, 0.3) is 0 Å². The summed E-state index contributed by atoms with van der Waals surface area (Å²) in [5.41, 5.74) is 5.32. The third-order valence-corrected chi connectivity index (χ3v) is 9.50. The first-order valence-electron chi connectivity index (χ1n) is 20.7. The molecule has 0 aromatic heterocycles. The van der Waals surface area contributed by atoms with Crippen LogP contribution in [0.15, 0.2) is 48.6 Å². The van der Waals surface area contributed by atoms with Gasteiger partial charge >= 0.3 is 25.7 Å². The zero-order valence-electron chi connectivity index (χ0n) is 33.6. The van der Waals surface area contributed by atoms with Crippen molar-refractivity contribution in [3.63, 3.8) is 0 Å². The van der Waals surface area contributed by atoms with Gasteiger partial charge in [0.1, 0.15) is 12.6 Å². The number of carbonyl (C=O) groups excluding carboxylic acids is 2. The van der Waals surface area contributed by atoms with Crippen molar-refractivity contribution in [2.75, 3.05) is 19.8 Å². The minimum atomic E-state index is -4.72. The normalized spacial score (nSPS) is 14.3. The number of carboxylic acid groups (broad SMARTS) is 1. The van der Waals surface area contributed by atoms with E-state index in [1.807, 2.05) is 0 Å². The number of ether oxygens (including phenoxy) is 2. The van der Waals surface area contributed by atoms with Gasteiger partial charge in [0.25, 0.3) is 0 Å². The first-order valence-corrected chi connectivity index (χ1v) is 22.2. The molecule has 54 heavy (non-hydrogen) atoms. The predicted molar refractivity (Wildman–Crippen MR) is 217 cm³/mol. The van der Waals surface area contributed by atoms with Gasteiger partial charge in [0.2, 0.25) is 0 Å². The number of rotatable bonds is 38. The highest BCUT2D eigenvalue weighted by Gasteiger charge is 2.28. The lowest BCUT2D eigenvalue weighted by atomic mass is 10.1. The minimum Gasteiger partial charge on any atom is -0.480 e. The van der Waals surface area contributed by atoms with E-state index in [0.29, 0.717) is 12.8 Å². The fourth-order valence-electron chi connectivity index (χ4n) is 5.24. The number of hydrogen-bond acceptors (Lipinski definition) is 9. The molecule has 0 radical (unpaired) electrons. The molecule has 0 bridgehead atoms. The molecule has 0 aliphatic rings. The molecule has 0 aromatic carbocycles. The van der Waals surface area contributed by atoms with Gasteiger partial charge in [-0.25, -0.2) is 4.57 Å². The fraction of sp³-hybridized carbons (Fsp3) is 0.738. The van der Waals surface area contributed by atoms with Crippen LogP contribution in [0.1, 0.15) is 168 Å². The smallest absolute Gasteiger partial charge is 0.472 e. The van der Waals surface area contributed by atoms with Gasteiger partial charge in [0, 0.05) is 12.8 Å². The van der Waals surface area contributed by atoms with Gasteiger partial charge in [-0.1, -0.05) is 127 Å². The van der Waals surface area contributed by atoms with Crippen LogP contribution in [0.2, 0.25) is 0 Å². The Morgan fingerprint density at radius 1 is 0.574 bits per heavy atom. The predicted octanol–water partition coefficient (Wildman–Crippen LogP) is 10.6. The number of unbranched alkanes of at least 4 members (excludes halogenated alkanes) is 16. The van der Waals surface area contributed by atoms with Gasteiger partial charge in [0.05, 0.1) is 13.2 Å². The molecule has 0 amide bonds. The number of allylic oxidation sites excluding steroid dienone is 8. The summed E-state index contributed by atoms with van der Waals surface area (Å²) < 4.78 is 32.6. The van der Waals surface area contributed by atoms with E-state index in [1.165, 1.54) is 57.8 Å². The Balaban J connectivity index is 4.46. The Morgan fingerprint density at radius 3 is 1.54 bits per heavy atom. The molecule has 4 N–H and O–H groups in total. The molecule has 312 valence electrons. The Morgan fingerprint density at radius 2 is 0.981 bits per heavy atom. The van der Waals surface area contributed by atoms with Crippen LogP contribution < -0.4 is 5.73 Å². The molecular weight excluding hydrogens is 709 g/mol. The quantitative estimate of drug-likeness (QED) is 0.0235. The Hall–Kier alpha value is -2.56. The number of carboxylic acids is 1. The standard InChI is InChI=1S/C42H74NO10P/c1-3-5-7-9-11-13-15-17-18-19-20-22-23-25-27-29-31-33-40(44)50-35-38(36-51-54(48,49)52-37-39(43)42(46)47)53-41(45)34-32-30-28-26-24-21-16-14-12-10-8-6-4-2/h11,13,17-18,20-22,24,38-39H,3-10,12,14-16,19,23,25-37,43H2,1-2H3,(H,46,47)(H,48,49)/b13-11+,18-17+,22-20+,24-21+/t38-,39+/m1/s1. The van der Waals surface area contributed by atoms with E-state index in [9.17, 15) is 23.8 Å². The second-order valence-corrected chi connectivity index (χ2v) is 15.2. The minimum absolute atomic E-state index is 0.134. The molecule has 0 saturated carbocycles. The number of phosphoric ester groups is 1. The first kappa shape index (κ1) is 51.4. The molecule has 0 heterocycles. The number of phosphoric acid groups is 1. The van der Waals surface area contributed by atoms with E-state index in [4.69, 9.17) is 24.8 Å². The van der Waals surface area contributed by atoms with Crippen molar-refractivity contribution in [2.24, 2.45) is 5.73 Å². The van der Waals surface area contributed by atoms with E-state index in [0.717, 1.165) is 70.6 Å². The molecule has 0 rings (SSSR count). The first-order chi connectivity index (χ1) is 26.1. The molecule has 0 aliphatic carbocycles. The highest BCUT2D eigenvalue weighted by Crippen LogP contribution is 2.43. The number of carbonyl (C=O) groups is 3. The van der Waals surface area contributed by atoms with Crippen LogP contribution in [0, 0.1) is 0 Å². The Bertz CT molecular complexity index is 1110. The summed E-state index contributed by atoms with van der Waals surface area (Å²) in [6, 6.07) is -1.53. The Kier molecular flexibility index (Phi) is 35.6. The van der Waals surface area contributed by atoms with E-state index in [2.05, 4.69) is 67.0 Å². The van der Waals surface area contributed by atoms with Crippen LogP contribution in [0.3, 0.4) is 0 Å². The van der Waals surface area contributed by atoms with Crippen molar-refractivity contribution in [3.05, 3.63) is 48.6 Å². The molecule has 0 fully saturated rings. The third-order valence-electron chi connectivity index (χ3n) is 8.55. The van der Waals surface area contributed by atoms with E-state index in [1.54, 1.807) is 0 Å². The summed E-state index contributed by atoms with van der Waals surface area (Å²) in [6.07, 6.45) is 40.3. The van der Waals surface area contributed by atoms with Crippen LogP contribution in [-0.4, -0.2) is 59.9 Å². The molecule has 0 aromatic rings. The van der Waals surface area contributed by atoms with Crippen LogP contribution >= 0.6 is 7.82 Å². The van der Waals surface area contributed by atoms with Crippen molar-refractivity contribution < 1.29 is 47.5 Å². The molecular formula is C42H74NO10P. The number of esters is 2. The van der Waals surface area contributed by atoms with Crippen molar-refractivity contribution >= 4 is 25.7 Å². The zero-order valence-corrected chi connectivity index (χ0v) is 34.4. The van der Waals surface area contributed by atoms with E-state index in [-0.39, 0.29) is 19.4 Å². The summed E-state index contributed by atoms with van der Waals surface area (Å²) in [7, 11) is -4.72. The fourth-order valence-corrected chi connectivity index (χ4v) is 6.02. The number of hydrogen-bond donors (Lipinski definition) is 3. The summed E-state index contributed by atoms with van der Waals surface area (Å²) in [6.45, 7) is 2.71. The summed E-state index contributed by atoms with van der Waals surface area (Å²) in [5.74, 6) is -2.43. The van der Waals surface area contributed by atoms with Crippen LogP contribution in [0.5, 0.6) is 0 Å². The molecule has 0 saturated heterocycles. The number of nitrogens with two attached hydrogens (primary N) is 1. The molecule has 0 aliphatic heterocycles. The molecule has 3 atom stereocenters. The second kappa shape index (κ2) is 37.4. The van der Waals surface area contributed by atoms with Crippen molar-refractivity contribution in [2.45, 2.75) is 180 Å². The van der Waals surface area contributed by atoms with Gasteiger partial charge in [-0.2, -0.15) is 0 Å². The van der Waals surface area contributed by atoms with Crippen LogP contribution in [0.4, 0.5) is 0 Å². The lowest BCUT2D eigenvalue weighted by Gasteiger charge is -2.20. The molecule has 12 heteroatoms. The zero-order chi connectivity index (χ0) is 40.0. The van der Waals surface area contributed by atoms with Crippen molar-refractivity contribution in [1.29, 1.82) is 0 Å². The topological polar surface area (TPSA) is 172 Å². The van der Waals surface area contributed by atoms with Crippen LogP contribution in [-0.2, 0) is 37.5 Å². The molecule has 11 nitrogen and oxygen atoms in total. The van der Waals surface area contributed by atoms with Gasteiger partial charge in [-0.05, 0) is 77.0 Å². The van der Waals surface area contributed by atoms with Crippen molar-refractivity contribution in [1.82, 2.24) is 0 Å². The third kappa shape index (κ3) is 36.4. The van der Waals surface area contributed by atoms with Gasteiger partial charge < -0.3 is 25.2 Å². The highest BCUT2D eigenvalue weighted by atomic mass is 31.2. The maximum atomic E-state index is 12.6. The monoisotopic (exact) mass is 784 g/mol. The molecule has 0 spiro atoms. The number of aliphatic carboxylic acids is 1. The van der Waals surface area contributed by atoms with Gasteiger partial charge in [0.15, 0.2) is 6.10 Å². The van der Waals surface area contributed by atoms with E-state index >= 15 is 0 Å². The largest absolute Gasteiger partial charge is 0.480 e. The van der Waals surface area contributed by atoms with Gasteiger partial charge in [-0.3, -0.25) is 23.4 Å².